The summed E-state index contributed by atoms with van der Waals surface area (Å²) in [5, 5.41) is 0.776. The van der Waals surface area contributed by atoms with Gasteiger partial charge >= 0.3 is 0 Å². The van der Waals surface area contributed by atoms with E-state index >= 15 is 0 Å². The molecule has 0 aromatic carbocycles. The van der Waals surface area contributed by atoms with Crippen molar-refractivity contribution in [1.29, 1.82) is 0 Å². The number of aromatic nitrogens is 3. The van der Waals surface area contributed by atoms with Crippen molar-refractivity contribution in [3.63, 3.8) is 0 Å². The zero-order valence-electron chi connectivity index (χ0n) is 8.33. The molecule has 0 aliphatic carbocycles. The van der Waals surface area contributed by atoms with Gasteiger partial charge in [0.25, 0.3) is 0 Å². The fourth-order valence-corrected chi connectivity index (χ4v) is 3.37. The van der Waals surface area contributed by atoms with E-state index in [9.17, 15) is 0 Å². The molecule has 0 amide bonds. The number of hydrogen-bond donors (Lipinski definition) is 1. The molecular formula is C10H9Cl2N3S. The average Bonchev–Trinajstić information content (AvgIpc) is 2.86. The molecule has 3 nitrogen and oxygen atoms in total. The van der Waals surface area contributed by atoms with E-state index in [1.807, 2.05) is 11.8 Å². The van der Waals surface area contributed by atoms with Gasteiger partial charge < -0.3 is 4.98 Å². The maximum atomic E-state index is 5.91. The molecule has 0 radical (unpaired) electrons. The van der Waals surface area contributed by atoms with E-state index < -0.39 is 0 Å². The summed E-state index contributed by atoms with van der Waals surface area (Å²) in [5.41, 5.74) is 1.52. The lowest BCUT2D eigenvalue weighted by Gasteiger charge is -2.01. The van der Waals surface area contributed by atoms with Crippen molar-refractivity contribution in [3.05, 3.63) is 22.1 Å². The number of fused-ring (bicyclic) bond motifs is 1. The number of aromatic amines is 1. The standard InChI is InChI=1S/C10H9Cl2N3S/c11-6-3-7-10(14-8(6)12)15-9(13-7)5-1-2-16-4-5/h3,5H,1-2,4H2,(H,13,14,15). The van der Waals surface area contributed by atoms with Crippen LogP contribution in [0, 0.1) is 0 Å². The van der Waals surface area contributed by atoms with E-state index in [-0.39, 0.29) is 0 Å². The van der Waals surface area contributed by atoms with E-state index in [0.29, 0.717) is 21.7 Å². The molecule has 1 atom stereocenters. The molecule has 2 aromatic rings. The number of thioether (sulfide) groups is 1. The normalized spacial score (nSPS) is 20.8. The molecule has 0 saturated carbocycles. The monoisotopic (exact) mass is 273 g/mol. The fraction of sp³-hybridized carbons (Fsp3) is 0.400. The molecule has 1 N–H and O–H groups in total. The van der Waals surface area contributed by atoms with E-state index in [1.54, 1.807) is 6.07 Å². The highest BCUT2D eigenvalue weighted by Gasteiger charge is 2.21. The topological polar surface area (TPSA) is 41.6 Å². The Hall–Kier alpha value is -0.450. The Morgan fingerprint density at radius 2 is 2.25 bits per heavy atom. The first-order valence-corrected chi connectivity index (χ1v) is 6.94. The van der Waals surface area contributed by atoms with Gasteiger partial charge in [-0.1, -0.05) is 23.2 Å². The Morgan fingerprint density at radius 3 is 3.00 bits per heavy atom. The molecule has 0 bridgehead atoms. The first-order chi connectivity index (χ1) is 7.74. The second-order valence-corrected chi connectivity index (χ2v) is 5.73. The predicted molar refractivity (Wildman–Crippen MR) is 68.6 cm³/mol. The summed E-state index contributed by atoms with van der Waals surface area (Å²) in [6, 6.07) is 1.78. The molecule has 84 valence electrons. The smallest absolute Gasteiger partial charge is 0.179 e. The summed E-state index contributed by atoms with van der Waals surface area (Å²) >= 11 is 13.7. The van der Waals surface area contributed by atoms with Gasteiger partial charge in [0.05, 0.1) is 10.5 Å². The van der Waals surface area contributed by atoms with E-state index in [0.717, 1.165) is 17.1 Å². The second-order valence-electron chi connectivity index (χ2n) is 3.81. The molecule has 1 saturated heterocycles. The Kier molecular flexibility index (Phi) is 2.73. The highest BCUT2D eigenvalue weighted by Crippen LogP contribution is 2.32. The number of H-pyrrole nitrogens is 1. The molecule has 2 aromatic heterocycles. The van der Waals surface area contributed by atoms with Crippen molar-refractivity contribution in [2.45, 2.75) is 12.3 Å². The zero-order chi connectivity index (χ0) is 11.1. The number of rotatable bonds is 1. The molecule has 1 aliphatic heterocycles. The minimum atomic E-state index is 0.313. The van der Waals surface area contributed by atoms with Gasteiger partial charge in [0, 0.05) is 11.7 Å². The molecule has 16 heavy (non-hydrogen) atoms. The van der Waals surface area contributed by atoms with E-state index in [4.69, 9.17) is 23.2 Å². The summed E-state index contributed by atoms with van der Waals surface area (Å²) in [7, 11) is 0. The predicted octanol–water partition coefficient (Wildman–Crippen LogP) is 3.49. The van der Waals surface area contributed by atoms with Gasteiger partial charge in [-0.25, -0.2) is 9.97 Å². The van der Waals surface area contributed by atoms with Crippen LogP contribution in [0.25, 0.3) is 11.2 Å². The molecule has 1 fully saturated rings. The Labute approximate surface area is 107 Å². The highest BCUT2D eigenvalue weighted by atomic mass is 35.5. The SMILES string of the molecule is Clc1cc2[nH]c(C3CCSC3)nc2nc1Cl. The van der Waals surface area contributed by atoms with Gasteiger partial charge in [-0.05, 0) is 18.2 Å². The van der Waals surface area contributed by atoms with Crippen molar-refractivity contribution < 1.29 is 0 Å². The third kappa shape index (κ3) is 1.79. The van der Waals surface area contributed by atoms with Gasteiger partial charge in [0.2, 0.25) is 0 Å². The lowest BCUT2D eigenvalue weighted by atomic mass is 10.1. The number of nitrogens with zero attached hydrogens (tertiary/aromatic N) is 2. The van der Waals surface area contributed by atoms with Crippen molar-refractivity contribution in [2.75, 3.05) is 11.5 Å². The van der Waals surface area contributed by atoms with Crippen molar-refractivity contribution in [1.82, 2.24) is 15.0 Å². The molecule has 3 heterocycles. The van der Waals surface area contributed by atoms with E-state index in [1.165, 1.54) is 12.2 Å². The summed E-state index contributed by atoms with van der Waals surface area (Å²) in [6.45, 7) is 0. The van der Waals surface area contributed by atoms with Crippen LogP contribution in [-0.4, -0.2) is 26.5 Å². The molecular weight excluding hydrogens is 265 g/mol. The molecule has 3 rings (SSSR count). The summed E-state index contributed by atoms with van der Waals surface area (Å²) in [5.74, 6) is 3.85. The lowest BCUT2D eigenvalue weighted by Crippen LogP contribution is -1.98. The van der Waals surface area contributed by atoms with Crippen molar-refractivity contribution >= 4 is 46.1 Å². The fourth-order valence-electron chi connectivity index (χ4n) is 1.86. The van der Waals surface area contributed by atoms with E-state index in [2.05, 4.69) is 15.0 Å². The maximum Gasteiger partial charge on any atom is 0.179 e. The van der Waals surface area contributed by atoms with Crippen molar-refractivity contribution in [2.24, 2.45) is 0 Å². The highest BCUT2D eigenvalue weighted by molar-refractivity contribution is 7.99. The molecule has 6 heteroatoms. The second kappa shape index (κ2) is 4.09. The van der Waals surface area contributed by atoms with Crippen LogP contribution in [-0.2, 0) is 0 Å². The van der Waals surface area contributed by atoms with Crippen LogP contribution < -0.4 is 0 Å². The third-order valence-electron chi connectivity index (χ3n) is 2.72. The first kappa shape index (κ1) is 10.7. The average molecular weight is 274 g/mol. The summed E-state index contributed by atoms with van der Waals surface area (Å²) in [6.07, 6.45) is 1.17. The number of nitrogens with one attached hydrogen (secondary N) is 1. The third-order valence-corrected chi connectivity index (χ3v) is 4.55. The molecule has 1 aliphatic rings. The first-order valence-electron chi connectivity index (χ1n) is 5.03. The van der Waals surface area contributed by atoms with Crippen LogP contribution >= 0.6 is 35.0 Å². The summed E-state index contributed by atoms with van der Waals surface area (Å²) in [4.78, 5) is 11.9. The maximum absolute atomic E-state index is 5.91. The Morgan fingerprint density at radius 1 is 1.38 bits per heavy atom. The number of pyridine rings is 1. The number of halogens is 2. The summed E-state index contributed by atoms with van der Waals surface area (Å²) < 4.78 is 0. The zero-order valence-corrected chi connectivity index (χ0v) is 10.7. The van der Waals surface area contributed by atoms with Crippen LogP contribution in [0.1, 0.15) is 18.2 Å². The van der Waals surface area contributed by atoms with Crippen LogP contribution in [0.5, 0.6) is 0 Å². The lowest BCUT2D eigenvalue weighted by molar-refractivity contribution is 0.733. The number of hydrogen-bond acceptors (Lipinski definition) is 3. The van der Waals surface area contributed by atoms with Crippen LogP contribution in [0.15, 0.2) is 6.07 Å². The van der Waals surface area contributed by atoms with Gasteiger partial charge in [0.1, 0.15) is 11.0 Å². The minimum Gasteiger partial charge on any atom is -0.340 e. The number of imidazole rings is 1. The minimum absolute atomic E-state index is 0.313. The quantitative estimate of drug-likeness (QED) is 0.809. The Balaban J connectivity index is 2.08. The Bertz CT molecular complexity index is 495. The largest absolute Gasteiger partial charge is 0.340 e. The molecule has 0 spiro atoms. The van der Waals surface area contributed by atoms with Gasteiger partial charge in [-0.3, -0.25) is 0 Å². The molecule has 1 unspecified atom stereocenters. The van der Waals surface area contributed by atoms with Gasteiger partial charge in [-0.2, -0.15) is 11.8 Å². The van der Waals surface area contributed by atoms with Crippen molar-refractivity contribution in [3.8, 4) is 0 Å². The van der Waals surface area contributed by atoms with Gasteiger partial charge in [0.15, 0.2) is 5.65 Å². The van der Waals surface area contributed by atoms with Crippen LogP contribution in [0.2, 0.25) is 10.2 Å². The van der Waals surface area contributed by atoms with Crippen LogP contribution in [0.4, 0.5) is 0 Å². The van der Waals surface area contributed by atoms with Crippen LogP contribution in [0.3, 0.4) is 0 Å². The van der Waals surface area contributed by atoms with Gasteiger partial charge in [-0.15, -0.1) is 0 Å².